The maximum absolute atomic E-state index is 12.7. The van der Waals surface area contributed by atoms with Crippen molar-refractivity contribution in [1.82, 2.24) is 40.4 Å². The molecular weight excluding hydrogens is 488 g/mol. The van der Waals surface area contributed by atoms with Gasteiger partial charge in [-0.25, -0.2) is 9.36 Å². The zero-order valence-corrected chi connectivity index (χ0v) is 18.2. The van der Waals surface area contributed by atoms with E-state index >= 15 is 0 Å². The fourth-order valence-electron chi connectivity index (χ4n) is 2.48. The molecule has 0 saturated carbocycles. The van der Waals surface area contributed by atoms with Crippen LogP contribution in [0.5, 0.6) is 0 Å². The number of H-pyrrole nitrogens is 2. The molecule has 2 N–H and O–H groups in total. The minimum absolute atomic E-state index is 0.0480. The van der Waals surface area contributed by atoms with Crippen molar-refractivity contribution in [2.75, 3.05) is 0 Å². The summed E-state index contributed by atoms with van der Waals surface area (Å²) in [7, 11) is -9.43. The third-order valence-corrected chi connectivity index (χ3v) is 7.48. The van der Waals surface area contributed by atoms with Gasteiger partial charge in [-0.1, -0.05) is 32.8 Å². The number of nitrogens with one attached hydrogen (secondary N) is 2. The average molecular weight is 499 g/mol. The van der Waals surface area contributed by atoms with Crippen molar-refractivity contribution in [3.05, 3.63) is 58.1 Å². The molecule has 2 heterocycles. The van der Waals surface area contributed by atoms with Crippen LogP contribution < -0.4 is 0 Å². The van der Waals surface area contributed by atoms with Gasteiger partial charge in [0.2, 0.25) is 9.54 Å². The lowest BCUT2D eigenvalue weighted by atomic mass is 10.3. The average Bonchev–Trinajstić information content (AvgIpc) is 3.35. The quantitative estimate of drug-likeness (QED) is 0.364. The van der Waals surface area contributed by atoms with E-state index < -0.39 is 30.0 Å². The highest BCUT2D eigenvalue weighted by molar-refractivity contribution is 7.99. The molecule has 2 aromatic heterocycles. The van der Waals surface area contributed by atoms with Crippen LogP contribution in [0.2, 0.25) is 0 Å². The lowest BCUT2D eigenvalue weighted by Gasteiger charge is -2.09. The summed E-state index contributed by atoms with van der Waals surface area (Å²) in [5.41, 5.74) is 0.528. The van der Waals surface area contributed by atoms with Gasteiger partial charge in [-0.05, 0) is 60.8 Å². The monoisotopic (exact) mass is 498 g/mol. The summed E-state index contributed by atoms with van der Waals surface area (Å²) < 4.78 is 57.8. The predicted octanol–water partition coefficient (Wildman–Crippen LogP) is 1.06. The molecule has 0 aliphatic carbocycles. The number of aromatic amines is 2. The van der Waals surface area contributed by atoms with Crippen LogP contribution in [0.4, 0.5) is 0 Å². The molecule has 0 spiro atoms. The second kappa shape index (κ2) is 7.85. The molecule has 0 radical (unpaired) electrons. The second-order valence-electron chi connectivity index (χ2n) is 5.81. The third-order valence-electron chi connectivity index (χ3n) is 3.85. The topological polar surface area (TPSA) is 171 Å². The van der Waals surface area contributed by atoms with Gasteiger partial charge in [-0.2, -0.15) is 27.3 Å². The van der Waals surface area contributed by atoms with Crippen LogP contribution in [0.15, 0.2) is 58.3 Å². The fraction of sp³-hybridized carbons (Fsp3) is 0. The minimum atomic E-state index is -4.72. The number of aromatic nitrogens is 8. The summed E-state index contributed by atoms with van der Waals surface area (Å²) in [5.74, 6) is 0. The molecule has 13 nitrogen and oxygen atoms in total. The number of nitrogens with zero attached hydrogens (tertiary/aromatic N) is 6. The van der Waals surface area contributed by atoms with E-state index in [1.165, 1.54) is 45.8 Å². The Kier molecular flexibility index (Phi) is 5.35. The first-order chi connectivity index (χ1) is 14.7. The smallest absolute Gasteiger partial charge is 0.210 e. The van der Waals surface area contributed by atoms with Gasteiger partial charge in [0, 0.05) is 0 Å². The van der Waals surface area contributed by atoms with E-state index in [-0.39, 0.29) is 20.9 Å². The van der Waals surface area contributed by atoms with Crippen molar-refractivity contribution in [3.8, 4) is 11.4 Å². The largest absolute Gasteiger partial charge is 0.311 e. The molecule has 0 fully saturated rings. The Bertz CT molecular complexity index is 1480. The van der Waals surface area contributed by atoms with E-state index in [0.29, 0.717) is 0 Å². The van der Waals surface area contributed by atoms with E-state index in [1.54, 1.807) is 0 Å². The van der Waals surface area contributed by atoms with E-state index in [0.717, 1.165) is 12.1 Å². The van der Waals surface area contributed by atoms with Crippen molar-refractivity contribution in [3.63, 3.8) is 0 Å². The van der Waals surface area contributed by atoms with Crippen LogP contribution in [0, 0.1) is 9.54 Å². The highest BCUT2D eigenvalue weighted by atomic mass is 32.3. The zero-order valence-electron chi connectivity index (χ0n) is 15.0. The van der Waals surface area contributed by atoms with Gasteiger partial charge in [0.15, 0.2) is 0 Å². The van der Waals surface area contributed by atoms with Gasteiger partial charge in [-0.15, -0.1) is 3.63 Å². The highest BCUT2D eigenvalue weighted by Gasteiger charge is 2.27. The van der Waals surface area contributed by atoms with Crippen molar-refractivity contribution in [2.24, 2.45) is 0 Å². The summed E-state index contributed by atoms with van der Waals surface area (Å²) in [4.78, 5) is -0.831. The highest BCUT2D eigenvalue weighted by Crippen LogP contribution is 2.23. The molecule has 0 aliphatic heterocycles. The first kappa shape index (κ1) is 21.1. The van der Waals surface area contributed by atoms with E-state index in [9.17, 15) is 16.8 Å². The van der Waals surface area contributed by atoms with Crippen LogP contribution in [0.25, 0.3) is 11.4 Å². The molecular formula is C14H10N8O5S4. The summed E-state index contributed by atoms with van der Waals surface area (Å²) >= 11 is 9.94. The van der Waals surface area contributed by atoms with Crippen LogP contribution in [-0.2, 0) is 23.9 Å². The van der Waals surface area contributed by atoms with Crippen molar-refractivity contribution in [1.29, 1.82) is 0 Å². The minimum Gasteiger partial charge on any atom is -0.210 e. The second-order valence-corrected chi connectivity index (χ2v) is 9.84. The number of tetrazole rings is 2. The van der Waals surface area contributed by atoms with Crippen LogP contribution >= 0.6 is 24.4 Å². The molecule has 0 unspecified atom stereocenters. The lowest BCUT2D eigenvalue weighted by molar-refractivity contribution is 0.461. The first-order valence-corrected chi connectivity index (χ1v) is 11.7. The van der Waals surface area contributed by atoms with Crippen molar-refractivity contribution < 1.29 is 20.5 Å². The fourth-order valence-corrected chi connectivity index (χ4v) is 5.45. The van der Waals surface area contributed by atoms with Gasteiger partial charge >= 0.3 is 20.2 Å². The van der Waals surface area contributed by atoms with Crippen LogP contribution in [0.1, 0.15) is 0 Å². The molecule has 4 aromatic rings. The Balaban J connectivity index is 1.69. The standard InChI is InChI=1S/C14H10N8O5S4/c23-30(24,11-5-1-3-9(7-11)21-13(28)15-17-19-21)27-31(25,26)12-6-2-4-10(8-12)22-14(29)16-18-20-22/h1-8H,(H,15,19,28)(H,16,20,29). The van der Waals surface area contributed by atoms with E-state index in [4.69, 9.17) is 24.4 Å². The number of benzene rings is 2. The lowest BCUT2D eigenvalue weighted by Crippen LogP contribution is -2.15. The Morgan fingerprint density at radius 1 is 0.742 bits per heavy atom. The predicted molar refractivity (Wildman–Crippen MR) is 109 cm³/mol. The van der Waals surface area contributed by atoms with Crippen LogP contribution in [-0.4, -0.2) is 57.3 Å². The Labute approximate surface area is 184 Å². The van der Waals surface area contributed by atoms with Crippen LogP contribution in [0.3, 0.4) is 0 Å². The Hall–Kier alpha value is -3.12. The molecule has 0 aliphatic rings. The molecule has 160 valence electrons. The Morgan fingerprint density at radius 2 is 1.16 bits per heavy atom. The molecule has 4 rings (SSSR count). The molecule has 17 heteroatoms. The third kappa shape index (κ3) is 4.21. The van der Waals surface area contributed by atoms with Crippen molar-refractivity contribution >= 4 is 44.7 Å². The number of rotatable bonds is 6. The molecule has 2 aromatic carbocycles. The normalized spacial score (nSPS) is 12.1. The summed E-state index contributed by atoms with van der Waals surface area (Å²) in [5, 5.41) is 19.2. The Morgan fingerprint density at radius 3 is 1.52 bits per heavy atom. The number of hydrogen-bond acceptors (Lipinski definition) is 11. The van der Waals surface area contributed by atoms with Gasteiger partial charge in [-0.3, -0.25) is 0 Å². The summed E-state index contributed by atoms with van der Waals surface area (Å²) in [6.07, 6.45) is 0. The molecule has 0 atom stereocenters. The first-order valence-electron chi connectivity index (χ1n) is 8.10. The van der Waals surface area contributed by atoms with Gasteiger partial charge in [0.05, 0.1) is 21.2 Å². The van der Waals surface area contributed by atoms with Gasteiger partial charge < -0.3 is 0 Å². The molecule has 0 bridgehead atoms. The molecule has 0 saturated heterocycles. The maximum Gasteiger partial charge on any atom is 0.311 e. The van der Waals surface area contributed by atoms with Gasteiger partial charge in [0.1, 0.15) is 0 Å². The van der Waals surface area contributed by atoms with Gasteiger partial charge in [0.25, 0.3) is 0 Å². The number of hydrogen-bond donors (Lipinski definition) is 2. The van der Waals surface area contributed by atoms with Crippen molar-refractivity contribution in [2.45, 2.75) is 9.79 Å². The van der Waals surface area contributed by atoms with E-state index in [1.807, 2.05) is 0 Å². The molecule has 31 heavy (non-hydrogen) atoms. The summed E-state index contributed by atoms with van der Waals surface area (Å²) in [6, 6.07) is 10.5. The molecule has 0 amide bonds. The zero-order chi connectivity index (χ0) is 22.2. The van der Waals surface area contributed by atoms with E-state index in [2.05, 4.69) is 34.7 Å². The maximum atomic E-state index is 12.7. The summed E-state index contributed by atoms with van der Waals surface area (Å²) in [6.45, 7) is 0. The SMILES string of the molecule is O=S(=O)(OS(=O)(=O)c1cccc(-n2[nH]nnc2=S)c1)c1cccc(-n2[nH]nnc2=S)c1.